The Morgan fingerprint density at radius 2 is 2.29 bits per heavy atom. The molecule has 0 aromatic carbocycles. The summed E-state index contributed by atoms with van der Waals surface area (Å²) in [5, 5.41) is 3.03. The molecule has 0 bridgehead atoms. The number of aromatic nitrogens is 2. The Morgan fingerprint density at radius 3 is 3.00 bits per heavy atom. The van der Waals surface area contributed by atoms with Crippen molar-refractivity contribution < 1.29 is 4.74 Å². The zero-order valence-corrected chi connectivity index (χ0v) is 10.6. The monoisotopic (exact) mass is 240 g/mol. The van der Waals surface area contributed by atoms with Gasteiger partial charge in [0.1, 0.15) is 0 Å². The average Bonchev–Trinajstić information content (AvgIpc) is 2.32. The summed E-state index contributed by atoms with van der Waals surface area (Å²) in [4.78, 5) is 17.8. The molecular weight excluding hydrogens is 220 g/mol. The largest absolute Gasteiger partial charge is 0.383 e. The van der Waals surface area contributed by atoms with Crippen LogP contribution in [-0.2, 0) is 11.8 Å². The van der Waals surface area contributed by atoms with Crippen LogP contribution in [0.25, 0.3) is 0 Å². The first-order valence-electron chi connectivity index (χ1n) is 5.58. The van der Waals surface area contributed by atoms with E-state index in [9.17, 15) is 4.79 Å². The smallest absolute Gasteiger partial charge is 0.293 e. The molecule has 1 aromatic heterocycles. The standard InChI is InChI=1S/C11H20N4O2/c1-14(8-9-17-3)6-4-12-10-11(16)15(2)7-5-13-10/h5,7H,4,6,8-9H2,1-3H3,(H,12,13). The van der Waals surface area contributed by atoms with Crippen molar-refractivity contribution >= 4 is 5.82 Å². The van der Waals surface area contributed by atoms with Gasteiger partial charge in [0.25, 0.3) is 5.56 Å². The molecule has 0 spiro atoms. The summed E-state index contributed by atoms with van der Waals surface area (Å²) in [7, 11) is 5.40. The van der Waals surface area contributed by atoms with Gasteiger partial charge in [0.15, 0.2) is 5.82 Å². The number of rotatable bonds is 7. The summed E-state index contributed by atoms with van der Waals surface area (Å²) < 4.78 is 6.49. The van der Waals surface area contributed by atoms with Crippen LogP contribution < -0.4 is 10.9 Å². The lowest BCUT2D eigenvalue weighted by molar-refractivity contribution is 0.163. The lowest BCUT2D eigenvalue weighted by Crippen LogP contribution is -2.30. The minimum atomic E-state index is -0.105. The maximum absolute atomic E-state index is 11.6. The van der Waals surface area contributed by atoms with Gasteiger partial charge in [-0.2, -0.15) is 0 Å². The van der Waals surface area contributed by atoms with E-state index in [-0.39, 0.29) is 5.56 Å². The maximum Gasteiger partial charge on any atom is 0.293 e. The summed E-state index contributed by atoms with van der Waals surface area (Å²) in [6.07, 6.45) is 3.25. The minimum Gasteiger partial charge on any atom is -0.383 e. The first kappa shape index (κ1) is 13.7. The Balaban J connectivity index is 2.36. The second kappa shape index (κ2) is 7.03. The third-order valence-electron chi connectivity index (χ3n) is 2.48. The van der Waals surface area contributed by atoms with Gasteiger partial charge in [0.05, 0.1) is 6.61 Å². The number of likely N-dealkylation sites (N-methyl/N-ethyl adjacent to an activating group) is 1. The fourth-order valence-corrected chi connectivity index (χ4v) is 1.34. The quantitative estimate of drug-likeness (QED) is 0.713. The van der Waals surface area contributed by atoms with Crippen molar-refractivity contribution in [2.45, 2.75) is 0 Å². The van der Waals surface area contributed by atoms with Crippen molar-refractivity contribution in [1.29, 1.82) is 0 Å². The lowest BCUT2D eigenvalue weighted by Gasteiger charge is -2.16. The molecule has 0 aliphatic heterocycles. The van der Waals surface area contributed by atoms with Crippen LogP contribution in [-0.4, -0.2) is 54.8 Å². The van der Waals surface area contributed by atoms with Crippen molar-refractivity contribution in [3.63, 3.8) is 0 Å². The molecule has 0 amide bonds. The predicted octanol–water partition coefficient (Wildman–Crippen LogP) is -0.230. The van der Waals surface area contributed by atoms with E-state index >= 15 is 0 Å². The van der Waals surface area contributed by atoms with Crippen LogP contribution in [0.3, 0.4) is 0 Å². The number of aryl methyl sites for hydroxylation is 1. The molecule has 6 heteroatoms. The Kier molecular flexibility index (Phi) is 5.65. The molecule has 0 aliphatic rings. The van der Waals surface area contributed by atoms with Crippen molar-refractivity contribution in [1.82, 2.24) is 14.5 Å². The molecular formula is C11H20N4O2. The number of nitrogens with one attached hydrogen (secondary N) is 1. The van der Waals surface area contributed by atoms with Crippen LogP contribution in [0.15, 0.2) is 17.2 Å². The van der Waals surface area contributed by atoms with E-state index in [4.69, 9.17) is 4.74 Å². The normalized spacial score (nSPS) is 10.8. The van der Waals surface area contributed by atoms with Gasteiger partial charge in [-0.15, -0.1) is 0 Å². The molecule has 1 rings (SSSR count). The van der Waals surface area contributed by atoms with E-state index in [1.54, 1.807) is 26.6 Å². The number of hydrogen-bond donors (Lipinski definition) is 1. The Hall–Kier alpha value is -1.40. The fourth-order valence-electron chi connectivity index (χ4n) is 1.34. The summed E-state index contributed by atoms with van der Waals surface area (Å²) in [6.45, 7) is 3.11. The molecule has 96 valence electrons. The lowest BCUT2D eigenvalue weighted by atomic mass is 10.5. The van der Waals surface area contributed by atoms with Crippen LogP contribution in [0.4, 0.5) is 5.82 Å². The Labute approximate surface area is 101 Å². The number of hydrogen-bond acceptors (Lipinski definition) is 5. The van der Waals surface area contributed by atoms with Gasteiger partial charge in [-0.3, -0.25) is 4.79 Å². The summed E-state index contributed by atoms with van der Waals surface area (Å²) in [5.74, 6) is 0.398. The highest BCUT2D eigenvalue weighted by molar-refractivity contribution is 5.30. The molecule has 0 unspecified atom stereocenters. The third kappa shape index (κ3) is 4.54. The molecule has 6 nitrogen and oxygen atoms in total. The van der Waals surface area contributed by atoms with E-state index < -0.39 is 0 Å². The zero-order valence-electron chi connectivity index (χ0n) is 10.6. The van der Waals surface area contributed by atoms with E-state index in [0.29, 0.717) is 19.0 Å². The molecule has 1 heterocycles. The van der Waals surface area contributed by atoms with Crippen LogP contribution in [0, 0.1) is 0 Å². The molecule has 0 saturated heterocycles. The molecule has 0 fully saturated rings. The second-order valence-corrected chi connectivity index (χ2v) is 3.91. The van der Waals surface area contributed by atoms with Crippen LogP contribution in [0.5, 0.6) is 0 Å². The van der Waals surface area contributed by atoms with Crippen LogP contribution in [0.1, 0.15) is 0 Å². The molecule has 17 heavy (non-hydrogen) atoms. The van der Waals surface area contributed by atoms with Crippen molar-refractivity contribution in [2.24, 2.45) is 7.05 Å². The summed E-state index contributed by atoms with van der Waals surface area (Å²) in [5.41, 5.74) is -0.105. The minimum absolute atomic E-state index is 0.105. The second-order valence-electron chi connectivity index (χ2n) is 3.91. The molecule has 0 aliphatic carbocycles. The SMILES string of the molecule is COCCN(C)CCNc1nccn(C)c1=O. The number of methoxy groups -OCH3 is 1. The van der Waals surface area contributed by atoms with Gasteiger partial charge in [0.2, 0.25) is 0 Å². The zero-order chi connectivity index (χ0) is 12.7. The number of ether oxygens (including phenoxy) is 1. The molecule has 0 radical (unpaired) electrons. The molecule has 1 aromatic rings. The highest BCUT2D eigenvalue weighted by atomic mass is 16.5. The van der Waals surface area contributed by atoms with Gasteiger partial charge in [-0.1, -0.05) is 0 Å². The van der Waals surface area contributed by atoms with E-state index in [1.807, 2.05) is 7.05 Å². The van der Waals surface area contributed by atoms with Crippen molar-refractivity contribution in [3.8, 4) is 0 Å². The van der Waals surface area contributed by atoms with Gasteiger partial charge in [0, 0.05) is 46.2 Å². The summed E-state index contributed by atoms with van der Waals surface area (Å²) >= 11 is 0. The van der Waals surface area contributed by atoms with Crippen molar-refractivity contribution in [2.75, 3.05) is 45.7 Å². The van der Waals surface area contributed by atoms with E-state index in [1.165, 1.54) is 4.57 Å². The van der Waals surface area contributed by atoms with Gasteiger partial charge < -0.3 is 19.5 Å². The maximum atomic E-state index is 11.6. The fraction of sp³-hybridized carbons (Fsp3) is 0.636. The molecule has 1 N–H and O–H groups in total. The van der Waals surface area contributed by atoms with Crippen molar-refractivity contribution in [3.05, 3.63) is 22.7 Å². The van der Waals surface area contributed by atoms with Gasteiger partial charge in [-0.05, 0) is 7.05 Å². The van der Waals surface area contributed by atoms with Gasteiger partial charge >= 0.3 is 0 Å². The highest BCUT2D eigenvalue weighted by Crippen LogP contribution is 1.91. The van der Waals surface area contributed by atoms with Crippen LogP contribution >= 0.6 is 0 Å². The van der Waals surface area contributed by atoms with Gasteiger partial charge in [-0.25, -0.2) is 4.98 Å². The number of nitrogens with zero attached hydrogens (tertiary/aromatic N) is 3. The van der Waals surface area contributed by atoms with E-state index in [2.05, 4.69) is 15.2 Å². The third-order valence-corrected chi connectivity index (χ3v) is 2.48. The first-order chi connectivity index (χ1) is 8.15. The Morgan fingerprint density at radius 1 is 1.53 bits per heavy atom. The Bertz CT molecular complexity index is 391. The summed E-state index contributed by atoms with van der Waals surface area (Å²) in [6, 6.07) is 0. The first-order valence-corrected chi connectivity index (χ1v) is 5.58. The van der Waals surface area contributed by atoms with E-state index in [0.717, 1.165) is 13.1 Å². The topological polar surface area (TPSA) is 59.4 Å². The highest BCUT2D eigenvalue weighted by Gasteiger charge is 2.02. The van der Waals surface area contributed by atoms with Crippen LogP contribution in [0.2, 0.25) is 0 Å². The number of anilines is 1. The predicted molar refractivity (Wildman–Crippen MR) is 67.3 cm³/mol. The molecule has 0 atom stereocenters. The molecule has 0 saturated carbocycles. The average molecular weight is 240 g/mol.